The van der Waals surface area contributed by atoms with Crippen molar-refractivity contribution in [1.29, 1.82) is 0 Å². The zero-order valence-corrected chi connectivity index (χ0v) is 11.8. The Morgan fingerprint density at radius 3 is 2.67 bits per heavy atom. The first-order valence-corrected chi connectivity index (χ1v) is 6.38. The number of benzene rings is 2. The summed E-state index contributed by atoms with van der Waals surface area (Å²) in [5, 5.41) is 9.70. The van der Waals surface area contributed by atoms with Crippen LogP contribution in [-0.2, 0) is 6.54 Å². The Morgan fingerprint density at radius 2 is 2.05 bits per heavy atom. The van der Waals surface area contributed by atoms with E-state index in [1.807, 2.05) is 0 Å². The van der Waals surface area contributed by atoms with Crippen molar-refractivity contribution in [3.8, 4) is 11.5 Å². The third-order valence-electron chi connectivity index (χ3n) is 3.08. The van der Waals surface area contributed by atoms with Crippen LogP contribution >= 0.6 is 0 Å². The van der Waals surface area contributed by atoms with Crippen LogP contribution in [0.4, 0.5) is 4.39 Å². The van der Waals surface area contributed by atoms with Gasteiger partial charge in [-0.2, -0.15) is 0 Å². The second-order valence-electron chi connectivity index (χ2n) is 4.68. The molecule has 0 spiro atoms. The van der Waals surface area contributed by atoms with Crippen molar-refractivity contribution in [3.05, 3.63) is 59.4 Å². The number of carbonyl (C=O) groups excluding carboxylic acids is 1. The lowest BCUT2D eigenvalue weighted by Crippen LogP contribution is -2.26. The number of hydrogen-bond acceptors (Lipinski definition) is 3. The quantitative estimate of drug-likeness (QED) is 0.941. The monoisotopic (exact) mass is 289 g/mol. The standard InChI is InChI=1S/C16H16FNO3/c1-18(10-11-4-3-5-13(17)8-11)16(20)12-6-7-15(21-2)14(19)9-12/h3-9,19H,10H2,1-2H3. The van der Waals surface area contributed by atoms with E-state index in [1.165, 1.54) is 36.3 Å². The molecule has 21 heavy (non-hydrogen) atoms. The smallest absolute Gasteiger partial charge is 0.254 e. The van der Waals surface area contributed by atoms with Gasteiger partial charge in [0, 0.05) is 19.2 Å². The van der Waals surface area contributed by atoms with Gasteiger partial charge in [0.1, 0.15) is 5.82 Å². The van der Waals surface area contributed by atoms with Crippen LogP contribution in [0.25, 0.3) is 0 Å². The summed E-state index contributed by atoms with van der Waals surface area (Å²) < 4.78 is 18.1. The highest BCUT2D eigenvalue weighted by molar-refractivity contribution is 5.94. The van der Waals surface area contributed by atoms with Crippen molar-refractivity contribution < 1.29 is 19.0 Å². The molecule has 5 heteroatoms. The molecule has 0 heterocycles. The number of rotatable bonds is 4. The van der Waals surface area contributed by atoms with E-state index >= 15 is 0 Å². The topological polar surface area (TPSA) is 49.8 Å². The highest BCUT2D eigenvalue weighted by Gasteiger charge is 2.14. The minimum Gasteiger partial charge on any atom is -0.504 e. The summed E-state index contributed by atoms with van der Waals surface area (Å²) in [5.74, 6) is -0.394. The van der Waals surface area contributed by atoms with Crippen molar-refractivity contribution in [2.75, 3.05) is 14.2 Å². The first-order chi connectivity index (χ1) is 10.0. The molecule has 0 aromatic heterocycles. The van der Waals surface area contributed by atoms with E-state index < -0.39 is 0 Å². The first kappa shape index (κ1) is 14.8. The molecule has 0 aliphatic rings. The van der Waals surface area contributed by atoms with Gasteiger partial charge in [-0.05, 0) is 35.9 Å². The summed E-state index contributed by atoms with van der Waals surface area (Å²) in [6.45, 7) is 0.281. The number of phenols is 1. The number of phenolic OH excluding ortho intramolecular Hbond substituents is 1. The van der Waals surface area contributed by atoms with Crippen molar-refractivity contribution in [2.45, 2.75) is 6.54 Å². The number of hydrogen-bond donors (Lipinski definition) is 1. The van der Waals surface area contributed by atoms with E-state index in [9.17, 15) is 14.3 Å². The van der Waals surface area contributed by atoms with Crippen molar-refractivity contribution >= 4 is 5.91 Å². The fourth-order valence-electron chi connectivity index (χ4n) is 2.02. The lowest BCUT2D eigenvalue weighted by molar-refractivity contribution is 0.0784. The molecule has 2 aromatic rings. The molecule has 0 fully saturated rings. The van der Waals surface area contributed by atoms with Gasteiger partial charge in [-0.3, -0.25) is 4.79 Å². The lowest BCUT2D eigenvalue weighted by Gasteiger charge is -2.18. The fourth-order valence-corrected chi connectivity index (χ4v) is 2.02. The third kappa shape index (κ3) is 3.51. The second-order valence-corrected chi connectivity index (χ2v) is 4.68. The van der Waals surface area contributed by atoms with Crippen molar-refractivity contribution in [2.24, 2.45) is 0 Å². The van der Waals surface area contributed by atoms with Gasteiger partial charge >= 0.3 is 0 Å². The fraction of sp³-hybridized carbons (Fsp3) is 0.188. The molecule has 0 aliphatic heterocycles. The Kier molecular flexibility index (Phi) is 4.42. The van der Waals surface area contributed by atoms with E-state index in [1.54, 1.807) is 25.2 Å². The molecule has 0 unspecified atom stereocenters. The summed E-state index contributed by atoms with van der Waals surface area (Å²) in [5.41, 5.74) is 1.04. The normalized spacial score (nSPS) is 10.2. The number of aromatic hydroxyl groups is 1. The summed E-state index contributed by atoms with van der Waals surface area (Å²) in [6, 6.07) is 10.5. The molecule has 2 aromatic carbocycles. The number of carbonyl (C=O) groups is 1. The SMILES string of the molecule is COc1ccc(C(=O)N(C)Cc2cccc(F)c2)cc1O. The second kappa shape index (κ2) is 6.26. The highest BCUT2D eigenvalue weighted by atomic mass is 19.1. The van der Waals surface area contributed by atoms with E-state index in [2.05, 4.69) is 0 Å². The van der Waals surface area contributed by atoms with Gasteiger partial charge in [0.05, 0.1) is 7.11 Å². The Morgan fingerprint density at radius 1 is 1.29 bits per heavy atom. The molecule has 0 saturated carbocycles. The van der Waals surface area contributed by atoms with Gasteiger partial charge in [0.2, 0.25) is 0 Å². The number of methoxy groups -OCH3 is 1. The van der Waals surface area contributed by atoms with Crippen LogP contribution in [0, 0.1) is 5.82 Å². The molecule has 0 bridgehead atoms. The molecule has 110 valence electrons. The average Bonchev–Trinajstić information content (AvgIpc) is 2.46. The molecule has 1 amide bonds. The van der Waals surface area contributed by atoms with Crippen LogP contribution in [0.2, 0.25) is 0 Å². The third-order valence-corrected chi connectivity index (χ3v) is 3.08. The van der Waals surface area contributed by atoms with Gasteiger partial charge in [0.25, 0.3) is 5.91 Å². The van der Waals surface area contributed by atoms with Gasteiger partial charge in [-0.1, -0.05) is 12.1 Å². The van der Waals surface area contributed by atoms with Gasteiger partial charge in [-0.25, -0.2) is 4.39 Å². The molecule has 0 aliphatic carbocycles. The molecule has 0 saturated heterocycles. The van der Waals surface area contributed by atoms with Gasteiger partial charge in [0.15, 0.2) is 11.5 Å². The lowest BCUT2D eigenvalue weighted by atomic mass is 10.1. The molecule has 0 radical (unpaired) electrons. The van der Waals surface area contributed by atoms with Crippen molar-refractivity contribution in [1.82, 2.24) is 4.90 Å². The summed E-state index contributed by atoms with van der Waals surface area (Å²) >= 11 is 0. The van der Waals surface area contributed by atoms with Gasteiger partial charge < -0.3 is 14.7 Å². The summed E-state index contributed by atoms with van der Waals surface area (Å²) in [7, 11) is 3.06. The van der Waals surface area contributed by atoms with Crippen LogP contribution in [-0.4, -0.2) is 30.1 Å². The summed E-state index contributed by atoms with van der Waals surface area (Å²) in [4.78, 5) is 13.7. The van der Waals surface area contributed by atoms with Gasteiger partial charge in [-0.15, -0.1) is 0 Å². The van der Waals surface area contributed by atoms with E-state index in [0.29, 0.717) is 16.9 Å². The first-order valence-electron chi connectivity index (χ1n) is 6.38. The number of nitrogens with zero attached hydrogens (tertiary/aromatic N) is 1. The maximum Gasteiger partial charge on any atom is 0.254 e. The minimum atomic E-state index is -0.338. The minimum absolute atomic E-state index is 0.0949. The van der Waals surface area contributed by atoms with Crippen LogP contribution in [0.15, 0.2) is 42.5 Å². The Labute approximate surface area is 122 Å². The van der Waals surface area contributed by atoms with E-state index in [-0.39, 0.29) is 24.0 Å². The maximum absolute atomic E-state index is 13.1. The molecule has 4 nitrogen and oxygen atoms in total. The molecule has 2 rings (SSSR count). The van der Waals surface area contributed by atoms with Crippen LogP contribution in [0.5, 0.6) is 11.5 Å². The van der Waals surface area contributed by atoms with Crippen LogP contribution < -0.4 is 4.74 Å². The molecular weight excluding hydrogens is 273 g/mol. The Bertz CT molecular complexity index is 658. The molecule has 1 N–H and O–H groups in total. The largest absolute Gasteiger partial charge is 0.504 e. The average molecular weight is 289 g/mol. The van der Waals surface area contributed by atoms with Crippen LogP contribution in [0.3, 0.4) is 0 Å². The predicted octanol–water partition coefficient (Wildman–Crippen LogP) is 2.81. The van der Waals surface area contributed by atoms with E-state index in [4.69, 9.17) is 4.74 Å². The Balaban J connectivity index is 2.14. The zero-order valence-electron chi connectivity index (χ0n) is 11.8. The van der Waals surface area contributed by atoms with E-state index in [0.717, 1.165) is 0 Å². The van der Waals surface area contributed by atoms with Crippen molar-refractivity contribution in [3.63, 3.8) is 0 Å². The molecular formula is C16H16FNO3. The highest BCUT2D eigenvalue weighted by Crippen LogP contribution is 2.26. The number of ether oxygens (including phenoxy) is 1. The Hall–Kier alpha value is -2.56. The maximum atomic E-state index is 13.1. The van der Waals surface area contributed by atoms with Crippen LogP contribution in [0.1, 0.15) is 15.9 Å². The number of amides is 1. The molecule has 0 atom stereocenters. The predicted molar refractivity (Wildman–Crippen MR) is 76.9 cm³/mol. The number of halogens is 1. The summed E-state index contributed by atoms with van der Waals surface area (Å²) in [6.07, 6.45) is 0. The zero-order chi connectivity index (χ0) is 15.4.